The first-order valence-corrected chi connectivity index (χ1v) is 12.5. The zero-order chi connectivity index (χ0) is 23.1. The molecule has 0 bridgehead atoms. The van der Waals surface area contributed by atoms with E-state index in [1.165, 1.54) is 4.31 Å². The summed E-state index contributed by atoms with van der Waals surface area (Å²) in [7, 11) is -3.53. The van der Waals surface area contributed by atoms with E-state index in [0.717, 1.165) is 12.0 Å². The standard InChI is InChI=1S/C24H31N3O4S/c1-3-18(2)26-24(29)21-9-7-8-19(16-21)17-25-23(28)20-12-14-27(15-13-20)32(30,31)22-10-5-4-6-11-22/h4-11,16,18,20H,3,12-15,17H2,1-2H3,(H,25,28)(H,26,29). The molecular weight excluding hydrogens is 426 g/mol. The molecule has 8 heteroatoms. The van der Waals surface area contributed by atoms with Gasteiger partial charge in [0.15, 0.2) is 0 Å². The van der Waals surface area contributed by atoms with Crippen LogP contribution in [0.25, 0.3) is 0 Å². The number of benzene rings is 2. The average Bonchev–Trinajstić information content (AvgIpc) is 2.83. The number of amides is 2. The van der Waals surface area contributed by atoms with Crippen molar-refractivity contribution in [3.63, 3.8) is 0 Å². The number of rotatable bonds is 8. The van der Waals surface area contributed by atoms with E-state index in [-0.39, 0.29) is 28.7 Å². The third kappa shape index (κ3) is 5.95. The Labute approximate surface area is 190 Å². The van der Waals surface area contributed by atoms with E-state index in [1.807, 2.05) is 19.9 Å². The summed E-state index contributed by atoms with van der Waals surface area (Å²) in [6.07, 6.45) is 1.82. The lowest BCUT2D eigenvalue weighted by Crippen LogP contribution is -2.42. The van der Waals surface area contributed by atoms with Crippen LogP contribution >= 0.6 is 0 Å². The van der Waals surface area contributed by atoms with E-state index in [9.17, 15) is 18.0 Å². The normalized spacial score (nSPS) is 16.3. The number of carbonyl (C=O) groups excluding carboxylic acids is 2. The van der Waals surface area contributed by atoms with Crippen LogP contribution in [0.4, 0.5) is 0 Å². The second kappa shape index (κ2) is 10.7. The average molecular weight is 458 g/mol. The van der Waals surface area contributed by atoms with Gasteiger partial charge in [-0.1, -0.05) is 37.3 Å². The number of hydrogen-bond donors (Lipinski definition) is 2. The maximum Gasteiger partial charge on any atom is 0.251 e. The molecule has 1 saturated heterocycles. The van der Waals surface area contributed by atoms with Crippen molar-refractivity contribution in [2.75, 3.05) is 13.1 Å². The largest absolute Gasteiger partial charge is 0.352 e. The summed E-state index contributed by atoms with van der Waals surface area (Å²) < 4.78 is 26.9. The monoisotopic (exact) mass is 457 g/mol. The molecule has 1 unspecified atom stereocenters. The molecule has 0 saturated carbocycles. The minimum Gasteiger partial charge on any atom is -0.352 e. The highest BCUT2D eigenvalue weighted by Gasteiger charge is 2.31. The quantitative estimate of drug-likeness (QED) is 0.637. The molecule has 2 aromatic carbocycles. The number of piperidine rings is 1. The minimum absolute atomic E-state index is 0.0868. The van der Waals surface area contributed by atoms with Crippen LogP contribution in [0.1, 0.15) is 49.0 Å². The molecule has 1 heterocycles. The summed E-state index contributed by atoms with van der Waals surface area (Å²) in [4.78, 5) is 25.2. The first-order valence-electron chi connectivity index (χ1n) is 11.0. The SMILES string of the molecule is CCC(C)NC(=O)c1cccc(CNC(=O)C2CCN(S(=O)(=O)c3ccccc3)CC2)c1. The molecule has 0 aliphatic carbocycles. The lowest BCUT2D eigenvalue weighted by atomic mass is 9.97. The van der Waals surface area contributed by atoms with Crippen molar-refractivity contribution >= 4 is 21.8 Å². The van der Waals surface area contributed by atoms with Crippen LogP contribution in [0.15, 0.2) is 59.5 Å². The number of hydrogen-bond acceptors (Lipinski definition) is 4. The lowest BCUT2D eigenvalue weighted by Gasteiger charge is -2.30. The molecule has 0 aromatic heterocycles. The maximum absolute atomic E-state index is 12.7. The van der Waals surface area contributed by atoms with Gasteiger partial charge in [0.1, 0.15) is 0 Å². The van der Waals surface area contributed by atoms with Gasteiger partial charge in [-0.15, -0.1) is 0 Å². The third-order valence-corrected chi connectivity index (χ3v) is 7.76. The van der Waals surface area contributed by atoms with Crippen LogP contribution in [-0.4, -0.2) is 43.7 Å². The molecule has 2 N–H and O–H groups in total. The number of carbonyl (C=O) groups is 2. The number of nitrogens with one attached hydrogen (secondary N) is 2. The Hall–Kier alpha value is -2.71. The third-order valence-electron chi connectivity index (χ3n) is 5.85. The predicted molar refractivity (Wildman–Crippen MR) is 123 cm³/mol. The first-order chi connectivity index (χ1) is 15.3. The van der Waals surface area contributed by atoms with Crippen molar-refractivity contribution < 1.29 is 18.0 Å². The summed E-state index contributed by atoms with van der Waals surface area (Å²) in [5.41, 5.74) is 1.41. The summed E-state index contributed by atoms with van der Waals surface area (Å²) >= 11 is 0. The fourth-order valence-electron chi connectivity index (χ4n) is 3.67. The topological polar surface area (TPSA) is 95.6 Å². The predicted octanol–water partition coefficient (Wildman–Crippen LogP) is 2.93. The molecule has 3 rings (SSSR count). The minimum atomic E-state index is -3.53. The zero-order valence-electron chi connectivity index (χ0n) is 18.6. The van der Waals surface area contributed by atoms with E-state index in [2.05, 4.69) is 10.6 Å². The molecular formula is C24H31N3O4S. The van der Waals surface area contributed by atoms with E-state index < -0.39 is 10.0 Å². The van der Waals surface area contributed by atoms with Crippen molar-refractivity contribution in [3.05, 3.63) is 65.7 Å². The van der Waals surface area contributed by atoms with Gasteiger partial charge >= 0.3 is 0 Å². The van der Waals surface area contributed by atoms with Crippen LogP contribution in [0.2, 0.25) is 0 Å². The van der Waals surface area contributed by atoms with Gasteiger partial charge in [-0.05, 0) is 56.0 Å². The molecule has 1 fully saturated rings. The molecule has 1 aliphatic heterocycles. The van der Waals surface area contributed by atoms with Gasteiger partial charge in [0.05, 0.1) is 4.90 Å². The Morgan fingerprint density at radius 2 is 1.75 bits per heavy atom. The van der Waals surface area contributed by atoms with Gasteiger partial charge in [0, 0.05) is 37.2 Å². The van der Waals surface area contributed by atoms with Crippen molar-refractivity contribution in [1.29, 1.82) is 0 Å². The Balaban J connectivity index is 1.52. The van der Waals surface area contributed by atoms with Crippen molar-refractivity contribution in [1.82, 2.24) is 14.9 Å². The summed E-state index contributed by atoms with van der Waals surface area (Å²) in [6.45, 7) is 4.93. The molecule has 7 nitrogen and oxygen atoms in total. The molecule has 32 heavy (non-hydrogen) atoms. The molecule has 1 atom stereocenters. The van der Waals surface area contributed by atoms with Crippen LogP contribution in [0.3, 0.4) is 0 Å². The maximum atomic E-state index is 12.7. The second-order valence-electron chi connectivity index (χ2n) is 8.19. The van der Waals surface area contributed by atoms with Crippen LogP contribution in [0, 0.1) is 5.92 Å². The van der Waals surface area contributed by atoms with Crippen LogP contribution in [-0.2, 0) is 21.4 Å². The highest BCUT2D eigenvalue weighted by Crippen LogP contribution is 2.24. The highest BCUT2D eigenvalue weighted by molar-refractivity contribution is 7.89. The van der Waals surface area contributed by atoms with Crippen molar-refractivity contribution in [3.8, 4) is 0 Å². The van der Waals surface area contributed by atoms with Crippen molar-refractivity contribution in [2.24, 2.45) is 5.92 Å². The van der Waals surface area contributed by atoms with Gasteiger partial charge in [-0.25, -0.2) is 8.42 Å². The molecule has 172 valence electrons. The Kier molecular flexibility index (Phi) is 8.04. The van der Waals surface area contributed by atoms with Crippen LogP contribution in [0.5, 0.6) is 0 Å². The molecule has 2 amide bonds. The van der Waals surface area contributed by atoms with Gasteiger partial charge in [0.25, 0.3) is 5.91 Å². The van der Waals surface area contributed by atoms with E-state index in [4.69, 9.17) is 0 Å². The summed E-state index contributed by atoms with van der Waals surface area (Å²) in [6, 6.07) is 15.7. The van der Waals surface area contributed by atoms with Gasteiger partial charge in [-0.3, -0.25) is 9.59 Å². The fraction of sp³-hybridized carbons (Fsp3) is 0.417. The van der Waals surface area contributed by atoms with Crippen molar-refractivity contribution in [2.45, 2.75) is 50.6 Å². The first kappa shape index (κ1) is 23.9. The van der Waals surface area contributed by atoms with Crippen LogP contribution < -0.4 is 10.6 Å². The lowest BCUT2D eigenvalue weighted by molar-refractivity contribution is -0.126. The Morgan fingerprint density at radius 3 is 2.41 bits per heavy atom. The van der Waals surface area contributed by atoms with Gasteiger partial charge < -0.3 is 10.6 Å². The highest BCUT2D eigenvalue weighted by atomic mass is 32.2. The molecule has 0 spiro atoms. The van der Waals surface area contributed by atoms with E-state index in [1.54, 1.807) is 48.5 Å². The number of sulfonamides is 1. The van der Waals surface area contributed by atoms with Gasteiger partial charge in [-0.2, -0.15) is 4.31 Å². The zero-order valence-corrected chi connectivity index (χ0v) is 19.4. The summed E-state index contributed by atoms with van der Waals surface area (Å²) in [5, 5.41) is 5.87. The van der Waals surface area contributed by atoms with E-state index >= 15 is 0 Å². The smallest absolute Gasteiger partial charge is 0.251 e. The summed E-state index contributed by atoms with van der Waals surface area (Å²) in [5.74, 6) is -0.440. The van der Waals surface area contributed by atoms with Gasteiger partial charge in [0.2, 0.25) is 15.9 Å². The number of nitrogens with zero attached hydrogens (tertiary/aromatic N) is 1. The Morgan fingerprint density at radius 1 is 1.06 bits per heavy atom. The molecule has 1 aliphatic rings. The van der Waals surface area contributed by atoms with E-state index in [0.29, 0.717) is 38.0 Å². The molecule has 2 aromatic rings. The molecule has 0 radical (unpaired) electrons. The second-order valence-corrected chi connectivity index (χ2v) is 10.1. The fourth-order valence-corrected chi connectivity index (χ4v) is 5.16. The Bertz CT molecular complexity index is 1030.